The van der Waals surface area contributed by atoms with Crippen molar-refractivity contribution in [3.63, 3.8) is 0 Å². The number of anilines is 3. The molecule has 3 unspecified atom stereocenters. The molecule has 6 aromatic rings. The smallest absolute Gasteiger partial charge is 0.139 e. The van der Waals surface area contributed by atoms with E-state index in [-0.39, 0.29) is 0 Å². The van der Waals surface area contributed by atoms with Crippen LogP contribution in [0.4, 0.5) is 17.1 Å². The van der Waals surface area contributed by atoms with Gasteiger partial charge in [-0.1, -0.05) is 83.1 Å². The lowest BCUT2D eigenvalue weighted by Crippen LogP contribution is -2.65. The number of rotatable bonds is 3. The number of nitrogens with one attached hydrogen (secondary N) is 3. The van der Waals surface area contributed by atoms with Gasteiger partial charge >= 0.3 is 0 Å². The van der Waals surface area contributed by atoms with Gasteiger partial charge in [-0.15, -0.1) is 0 Å². The number of H-pyrrole nitrogens is 3. The topological polar surface area (TPSA) is 105 Å². The van der Waals surface area contributed by atoms with Crippen molar-refractivity contribution < 1.29 is 0 Å². The first-order valence-electron chi connectivity index (χ1n) is 27.5. The summed E-state index contributed by atoms with van der Waals surface area (Å²) in [4.78, 5) is 38.1. The largest absolute Gasteiger partial charge is 0.369 e. The van der Waals surface area contributed by atoms with Crippen molar-refractivity contribution >= 4 is 50.2 Å². The van der Waals surface area contributed by atoms with Crippen molar-refractivity contribution in [2.75, 3.05) is 94.7 Å². The van der Waals surface area contributed by atoms with E-state index in [4.69, 9.17) is 0 Å². The fourth-order valence-electron chi connectivity index (χ4n) is 11.3. The number of piperidine rings is 2. The Hall–Kier alpha value is -4.65. The Balaban J connectivity index is 0.000000203. The summed E-state index contributed by atoms with van der Waals surface area (Å²) < 4.78 is 0. The Bertz CT molecular complexity index is 2330. The molecule has 0 saturated carbocycles. The summed E-state index contributed by atoms with van der Waals surface area (Å²) in [6.07, 6.45) is 23.7. The number of pyridine rings is 3. The molecule has 6 aliphatic heterocycles. The zero-order valence-corrected chi connectivity index (χ0v) is 46.2. The van der Waals surface area contributed by atoms with Crippen LogP contribution in [-0.4, -0.2) is 141 Å². The van der Waals surface area contributed by atoms with Crippen molar-refractivity contribution in [1.82, 2.24) is 44.6 Å². The number of likely N-dealkylation sites (tertiary alicyclic amines) is 3. The molecule has 69 heavy (non-hydrogen) atoms. The van der Waals surface area contributed by atoms with Gasteiger partial charge < -0.3 is 29.7 Å². The first kappa shape index (κ1) is 56.9. The normalized spacial score (nSPS) is 23.6. The zero-order valence-electron chi connectivity index (χ0n) is 46.2. The molecule has 384 valence electrons. The minimum Gasteiger partial charge on any atom is -0.369 e. The van der Waals surface area contributed by atoms with Gasteiger partial charge in [-0.2, -0.15) is 0 Å². The van der Waals surface area contributed by atoms with E-state index < -0.39 is 0 Å². The molecular weight excluding hydrogens is 853 g/mol. The lowest BCUT2D eigenvalue weighted by molar-refractivity contribution is -0.000403. The lowest BCUT2D eigenvalue weighted by atomic mass is 9.78. The van der Waals surface area contributed by atoms with Crippen LogP contribution in [-0.2, 0) is 0 Å². The maximum absolute atomic E-state index is 4.41. The van der Waals surface area contributed by atoms with Crippen LogP contribution in [0.3, 0.4) is 0 Å². The number of hydrogen-bond acceptors (Lipinski definition) is 9. The quantitative estimate of drug-likeness (QED) is 0.160. The van der Waals surface area contributed by atoms with Crippen LogP contribution >= 0.6 is 0 Å². The Morgan fingerprint density at radius 3 is 0.957 bits per heavy atom. The molecule has 6 aliphatic rings. The molecule has 0 aromatic carbocycles. The fourth-order valence-corrected chi connectivity index (χ4v) is 11.3. The van der Waals surface area contributed by atoms with Gasteiger partial charge in [0.05, 0.1) is 0 Å². The highest BCUT2D eigenvalue weighted by Crippen LogP contribution is 2.42. The first-order chi connectivity index (χ1) is 33.9. The average Bonchev–Trinajstić information content (AvgIpc) is 4.31. The summed E-state index contributed by atoms with van der Waals surface area (Å²) in [7, 11) is 6.83. The summed E-state index contributed by atoms with van der Waals surface area (Å²) in [5, 5.41) is 3.75. The molecule has 6 fully saturated rings. The Morgan fingerprint density at radius 2 is 0.652 bits per heavy atom. The molecule has 6 saturated heterocycles. The second-order valence-electron chi connectivity index (χ2n) is 18.0. The van der Waals surface area contributed by atoms with Crippen molar-refractivity contribution in [3.8, 4) is 0 Å². The van der Waals surface area contributed by atoms with Crippen LogP contribution in [0.5, 0.6) is 0 Å². The zero-order chi connectivity index (χ0) is 50.6. The second-order valence-corrected chi connectivity index (χ2v) is 18.0. The SMILES string of the molecule is CC.CC.CC.CC.CC.CC.CN1CCC12CCCN(c1ccnc3[nH]ccc13)C2.CN1CCC12CCN(c1ccnc3[nH]ccc13)C2.CN1CCCC12CCCN(c1ccnc3[nH]ccc13)C2. The van der Waals surface area contributed by atoms with Gasteiger partial charge in [-0.05, 0) is 122 Å². The molecule has 0 bridgehead atoms. The molecule has 3 N–H and O–H groups in total. The Labute approximate surface area is 419 Å². The molecule has 0 radical (unpaired) electrons. The van der Waals surface area contributed by atoms with Crippen LogP contribution in [0.25, 0.3) is 33.1 Å². The van der Waals surface area contributed by atoms with Gasteiger partial charge in [0.1, 0.15) is 16.9 Å². The number of fused-ring (bicyclic) bond motifs is 3. The molecule has 12 heterocycles. The molecule has 12 nitrogen and oxygen atoms in total. The third-order valence-corrected chi connectivity index (χ3v) is 15.2. The number of likely N-dealkylation sites (N-methyl/N-ethyl adjacent to an activating group) is 3. The van der Waals surface area contributed by atoms with E-state index in [0.717, 1.165) is 43.1 Å². The van der Waals surface area contributed by atoms with E-state index in [1.165, 1.54) is 124 Å². The maximum atomic E-state index is 4.41. The van der Waals surface area contributed by atoms with E-state index in [1.807, 2.05) is 120 Å². The molecular formula is C57H96N12. The van der Waals surface area contributed by atoms with Gasteiger partial charge in [0.25, 0.3) is 0 Å². The van der Waals surface area contributed by atoms with Crippen molar-refractivity contribution in [2.24, 2.45) is 0 Å². The van der Waals surface area contributed by atoms with Gasteiger partial charge in [-0.25, -0.2) is 15.0 Å². The summed E-state index contributed by atoms with van der Waals surface area (Å²) >= 11 is 0. The summed E-state index contributed by atoms with van der Waals surface area (Å²) in [6.45, 7) is 34.7. The number of hydrogen-bond donors (Lipinski definition) is 3. The van der Waals surface area contributed by atoms with Gasteiger partial charge in [0.2, 0.25) is 0 Å². The van der Waals surface area contributed by atoms with Gasteiger partial charge in [0, 0.05) is 139 Å². The Kier molecular flexibility index (Phi) is 22.8. The van der Waals surface area contributed by atoms with Crippen molar-refractivity contribution in [3.05, 3.63) is 73.6 Å². The Morgan fingerprint density at radius 1 is 0.362 bits per heavy atom. The predicted molar refractivity (Wildman–Crippen MR) is 301 cm³/mol. The molecule has 0 aliphatic carbocycles. The van der Waals surface area contributed by atoms with Crippen LogP contribution in [0.2, 0.25) is 0 Å². The molecule has 12 rings (SSSR count). The van der Waals surface area contributed by atoms with Crippen LogP contribution in [0.15, 0.2) is 73.6 Å². The molecule has 3 spiro atoms. The number of aromatic nitrogens is 6. The predicted octanol–water partition coefficient (Wildman–Crippen LogP) is 12.9. The highest BCUT2D eigenvalue weighted by atomic mass is 15.3. The number of nitrogens with zero attached hydrogens (tertiary/aromatic N) is 9. The van der Waals surface area contributed by atoms with E-state index in [0.29, 0.717) is 16.6 Å². The van der Waals surface area contributed by atoms with E-state index in [9.17, 15) is 0 Å². The minimum absolute atomic E-state index is 0.407. The third kappa shape index (κ3) is 12.3. The first-order valence-corrected chi connectivity index (χ1v) is 27.5. The highest BCUT2D eigenvalue weighted by molar-refractivity contribution is 5.91. The highest BCUT2D eigenvalue weighted by Gasteiger charge is 2.48. The average molecular weight is 949 g/mol. The van der Waals surface area contributed by atoms with Crippen LogP contribution in [0.1, 0.15) is 141 Å². The molecule has 12 heteroatoms. The monoisotopic (exact) mass is 949 g/mol. The van der Waals surface area contributed by atoms with E-state index in [2.05, 4.69) is 117 Å². The number of aromatic amines is 3. The molecule has 3 atom stereocenters. The molecule has 0 amide bonds. The molecule has 6 aromatic heterocycles. The summed E-state index contributed by atoms with van der Waals surface area (Å²) in [5.74, 6) is 0. The van der Waals surface area contributed by atoms with E-state index in [1.54, 1.807) is 0 Å². The summed E-state index contributed by atoms with van der Waals surface area (Å²) in [5.41, 5.74) is 8.30. The van der Waals surface area contributed by atoms with Crippen molar-refractivity contribution in [2.45, 2.75) is 157 Å². The van der Waals surface area contributed by atoms with E-state index >= 15 is 0 Å². The van der Waals surface area contributed by atoms with Crippen molar-refractivity contribution in [1.29, 1.82) is 0 Å². The maximum Gasteiger partial charge on any atom is 0.139 e. The van der Waals surface area contributed by atoms with Crippen LogP contribution < -0.4 is 14.7 Å². The van der Waals surface area contributed by atoms with Gasteiger partial charge in [0.15, 0.2) is 0 Å². The lowest BCUT2D eigenvalue weighted by Gasteiger charge is -2.56. The standard InChI is InChI=1S/C16H22N4.C15H20N4.C14H18N4.6C2H6/c1-19-10-2-6-16(19)7-3-11-20(12-16)14-5-9-18-15-13(14)4-8-17-15;1-18-10-6-15(18)5-2-9-19(11-15)13-4-8-17-14-12(13)3-7-16-14;1-17-8-4-14(17)5-9-18(10-14)12-3-7-16-13-11(12)2-6-15-13;6*1-2/h4-5,8-9H,2-3,6-7,10-12H2,1H3,(H,17,18);3-4,7-8H,2,5-6,9-11H2,1H3,(H,16,17);2-3,6-7H,4-5,8-10H2,1H3,(H,15,16);6*1-2H3. The third-order valence-electron chi connectivity index (χ3n) is 15.2. The summed E-state index contributed by atoms with van der Waals surface area (Å²) in [6, 6.07) is 12.9. The minimum atomic E-state index is 0.407. The van der Waals surface area contributed by atoms with Gasteiger partial charge in [-0.3, -0.25) is 14.7 Å². The van der Waals surface area contributed by atoms with Crippen LogP contribution in [0, 0.1) is 0 Å². The second kappa shape index (κ2) is 27.7. The fraction of sp³-hybridized carbons (Fsp3) is 0.632.